The molecule has 76 valence electrons. The summed E-state index contributed by atoms with van der Waals surface area (Å²) in [6.45, 7) is 7.23. The highest BCUT2D eigenvalue weighted by atomic mass is 79.9. The summed E-state index contributed by atoms with van der Waals surface area (Å²) < 4.78 is 11.8. The Morgan fingerprint density at radius 3 is 2.15 bits per heavy atom. The molecule has 0 aromatic heterocycles. The van der Waals surface area contributed by atoms with Gasteiger partial charge in [-0.25, -0.2) is 0 Å². The first-order chi connectivity index (χ1) is 5.87. The van der Waals surface area contributed by atoms with Crippen LogP contribution in [0.4, 0.5) is 0 Å². The Morgan fingerprint density at radius 1 is 1.08 bits per heavy atom. The Hall–Kier alpha value is 0.400. The van der Waals surface area contributed by atoms with Gasteiger partial charge in [0.25, 0.3) is 0 Å². The van der Waals surface area contributed by atoms with Gasteiger partial charge in [0.2, 0.25) is 0 Å². The third-order valence-corrected chi connectivity index (χ3v) is 4.20. The maximum absolute atomic E-state index is 6.04. The number of rotatable bonds is 0. The molecule has 3 heteroatoms. The lowest BCUT2D eigenvalue weighted by atomic mass is 9.96. The molecule has 0 amide bonds. The molecule has 1 spiro atoms. The highest BCUT2D eigenvalue weighted by molar-refractivity contribution is 9.10. The second-order valence-electron chi connectivity index (χ2n) is 4.91. The Labute approximate surface area is 88.1 Å². The zero-order valence-corrected chi connectivity index (χ0v) is 10.1. The smallest absolute Gasteiger partial charge is 0.184 e. The maximum atomic E-state index is 6.04. The zero-order chi connectivity index (χ0) is 9.74. The quantitative estimate of drug-likeness (QED) is 0.614. The van der Waals surface area contributed by atoms with Gasteiger partial charge in [0.15, 0.2) is 5.79 Å². The van der Waals surface area contributed by atoms with E-state index in [0.29, 0.717) is 0 Å². The number of ether oxygens (including phenoxy) is 2. The van der Waals surface area contributed by atoms with Crippen molar-refractivity contribution in [2.75, 3.05) is 6.61 Å². The van der Waals surface area contributed by atoms with Crippen molar-refractivity contribution in [3.63, 3.8) is 0 Å². The summed E-state index contributed by atoms with van der Waals surface area (Å²) in [6, 6.07) is 0. The lowest BCUT2D eigenvalue weighted by Crippen LogP contribution is -2.45. The summed E-state index contributed by atoms with van der Waals surface area (Å²) >= 11 is 3.73. The Balaban J connectivity index is 2.23. The van der Waals surface area contributed by atoms with Gasteiger partial charge in [0.05, 0.1) is 16.5 Å². The fourth-order valence-electron chi connectivity index (χ4n) is 2.23. The van der Waals surface area contributed by atoms with Crippen molar-refractivity contribution >= 4 is 15.9 Å². The average molecular weight is 249 g/mol. The summed E-state index contributed by atoms with van der Waals surface area (Å²) in [4.78, 5) is 0. The number of halogens is 1. The van der Waals surface area contributed by atoms with E-state index in [-0.39, 0.29) is 15.7 Å². The average Bonchev–Trinajstić information content (AvgIpc) is 2.39. The fourth-order valence-corrected chi connectivity index (χ4v) is 2.79. The van der Waals surface area contributed by atoms with Gasteiger partial charge in [0.1, 0.15) is 0 Å². The molecule has 0 radical (unpaired) electrons. The summed E-state index contributed by atoms with van der Waals surface area (Å²) in [6.07, 6.45) is 3.11. The van der Waals surface area contributed by atoms with E-state index in [1.807, 2.05) is 0 Å². The molecular formula is C10H17BrO2. The number of hydrogen-bond donors (Lipinski definition) is 0. The van der Waals surface area contributed by atoms with Crippen LogP contribution in [0.2, 0.25) is 0 Å². The molecule has 0 saturated carbocycles. The van der Waals surface area contributed by atoms with Gasteiger partial charge in [-0.3, -0.25) is 0 Å². The van der Waals surface area contributed by atoms with E-state index >= 15 is 0 Å². The first-order valence-electron chi connectivity index (χ1n) is 4.90. The van der Waals surface area contributed by atoms with Crippen molar-refractivity contribution in [1.29, 1.82) is 0 Å². The summed E-state index contributed by atoms with van der Waals surface area (Å²) in [7, 11) is 0. The minimum atomic E-state index is -0.365. The Bertz CT molecular complexity index is 225. The second kappa shape index (κ2) is 2.71. The molecule has 0 unspecified atom stereocenters. The predicted octanol–water partition coefficient (Wildman–Crippen LogP) is 2.85. The van der Waals surface area contributed by atoms with E-state index < -0.39 is 0 Å². The van der Waals surface area contributed by atoms with Gasteiger partial charge in [-0.1, -0.05) is 15.9 Å². The largest absolute Gasteiger partial charge is 0.348 e. The molecule has 2 aliphatic rings. The molecular weight excluding hydrogens is 232 g/mol. The molecule has 2 fully saturated rings. The van der Waals surface area contributed by atoms with Crippen LogP contribution in [0.5, 0.6) is 0 Å². The van der Waals surface area contributed by atoms with E-state index in [4.69, 9.17) is 9.47 Å². The van der Waals surface area contributed by atoms with Crippen LogP contribution in [0.25, 0.3) is 0 Å². The van der Waals surface area contributed by atoms with Crippen LogP contribution in [0, 0.1) is 0 Å². The second-order valence-corrected chi connectivity index (χ2v) is 6.66. The van der Waals surface area contributed by atoms with Gasteiger partial charge in [-0.15, -0.1) is 0 Å². The molecule has 2 aliphatic heterocycles. The molecule has 0 aromatic rings. The standard InChI is InChI=1S/C10H17BrO2/c1-8(2)4-5-10(13-8)9(3,11)6-7-12-10/h4-7H2,1-3H3/t9-,10-/m0/s1. The van der Waals surface area contributed by atoms with Crippen LogP contribution in [0.3, 0.4) is 0 Å². The van der Waals surface area contributed by atoms with E-state index in [0.717, 1.165) is 25.9 Å². The van der Waals surface area contributed by atoms with E-state index in [1.54, 1.807) is 0 Å². The van der Waals surface area contributed by atoms with Crippen molar-refractivity contribution in [1.82, 2.24) is 0 Å². The summed E-state index contributed by atoms with van der Waals surface area (Å²) in [5.41, 5.74) is -0.0284. The molecule has 2 heterocycles. The molecule has 2 nitrogen and oxygen atoms in total. The molecule has 13 heavy (non-hydrogen) atoms. The Morgan fingerprint density at radius 2 is 1.77 bits per heavy atom. The number of alkyl halides is 1. The summed E-state index contributed by atoms with van der Waals surface area (Å²) in [5, 5.41) is 0. The van der Waals surface area contributed by atoms with Crippen molar-refractivity contribution < 1.29 is 9.47 Å². The lowest BCUT2D eigenvalue weighted by Gasteiger charge is -2.36. The molecule has 0 bridgehead atoms. The Kier molecular flexibility index (Phi) is 2.07. The van der Waals surface area contributed by atoms with Gasteiger partial charge >= 0.3 is 0 Å². The van der Waals surface area contributed by atoms with E-state index in [2.05, 4.69) is 36.7 Å². The highest BCUT2D eigenvalue weighted by Crippen LogP contribution is 2.53. The topological polar surface area (TPSA) is 18.5 Å². The van der Waals surface area contributed by atoms with E-state index in [1.165, 1.54) is 0 Å². The zero-order valence-electron chi connectivity index (χ0n) is 8.52. The van der Waals surface area contributed by atoms with Crippen molar-refractivity contribution in [2.45, 2.75) is 55.7 Å². The van der Waals surface area contributed by atoms with Gasteiger partial charge < -0.3 is 9.47 Å². The van der Waals surface area contributed by atoms with Crippen LogP contribution < -0.4 is 0 Å². The van der Waals surface area contributed by atoms with Crippen molar-refractivity contribution in [2.24, 2.45) is 0 Å². The first kappa shape index (κ1) is 9.94. The molecule has 0 N–H and O–H groups in total. The maximum Gasteiger partial charge on any atom is 0.184 e. The van der Waals surface area contributed by atoms with Crippen LogP contribution in [0.1, 0.15) is 40.0 Å². The SMILES string of the molecule is CC1(C)CC[C@]2(OCC[C@]2(C)Br)O1. The monoisotopic (exact) mass is 248 g/mol. The molecule has 2 atom stereocenters. The lowest BCUT2D eigenvalue weighted by molar-refractivity contribution is -0.228. The fraction of sp³-hybridized carbons (Fsp3) is 1.00. The molecule has 2 saturated heterocycles. The van der Waals surface area contributed by atoms with Crippen LogP contribution in [-0.2, 0) is 9.47 Å². The van der Waals surface area contributed by atoms with Crippen LogP contribution in [0.15, 0.2) is 0 Å². The normalized spacial score (nSPS) is 48.9. The van der Waals surface area contributed by atoms with Crippen LogP contribution in [-0.4, -0.2) is 22.3 Å². The minimum Gasteiger partial charge on any atom is -0.348 e. The first-order valence-corrected chi connectivity index (χ1v) is 5.69. The van der Waals surface area contributed by atoms with Crippen molar-refractivity contribution in [3.05, 3.63) is 0 Å². The van der Waals surface area contributed by atoms with Gasteiger partial charge in [-0.05, 0) is 33.6 Å². The minimum absolute atomic E-state index is 0.00618. The molecule has 2 rings (SSSR count). The van der Waals surface area contributed by atoms with Gasteiger partial charge in [0, 0.05) is 6.42 Å². The predicted molar refractivity (Wildman–Crippen MR) is 55.0 cm³/mol. The van der Waals surface area contributed by atoms with Crippen LogP contribution >= 0.6 is 15.9 Å². The summed E-state index contributed by atoms with van der Waals surface area (Å²) in [5.74, 6) is -0.365. The van der Waals surface area contributed by atoms with Gasteiger partial charge in [-0.2, -0.15) is 0 Å². The number of hydrogen-bond acceptors (Lipinski definition) is 2. The van der Waals surface area contributed by atoms with E-state index in [9.17, 15) is 0 Å². The third kappa shape index (κ3) is 1.45. The molecule has 0 aliphatic carbocycles. The third-order valence-electron chi connectivity index (χ3n) is 3.20. The van der Waals surface area contributed by atoms with Crippen molar-refractivity contribution in [3.8, 4) is 0 Å². The highest BCUT2D eigenvalue weighted by Gasteiger charge is 2.59. The molecule has 0 aromatic carbocycles.